The Bertz CT molecular complexity index is 394. The van der Waals surface area contributed by atoms with Crippen LogP contribution in [0, 0.1) is 0 Å². The van der Waals surface area contributed by atoms with Crippen molar-refractivity contribution < 1.29 is 0 Å². The molecule has 3 rings (SSSR count). The van der Waals surface area contributed by atoms with E-state index in [2.05, 4.69) is 17.0 Å². The predicted octanol–water partition coefficient (Wildman–Crippen LogP) is 2.96. The minimum Gasteiger partial charge on any atom is -0.399 e. The Labute approximate surface area is 104 Å². The molecule has 92 valence electrons. The Balaban J connectivity index is 1.73. The lowest BCUT2D eigenvalue weighted by molar-refractivity contribution is 0.141. The Kier molecular flexibility index (Phi) is 3.06. The fourth-order valence-electron chi connectivity index (χ4n) is 3.35. The molecule has 1 aliphatic heterocycles. The van der Waals surface area contributed by atoms with Crippen LogP contribution in [0.3, 0.4) is 0 Å². The van der Waals surface area contributed by atoms with Gasteiger partial charge in [-0.3, -0.25) is 4.90 Å². The molecule has 0 atom stereocenters. The molecular weight excluding hydrogens is 208 g/mol. The van der Waals surface area contributed by atoms with E-state index < -0.39 is 0 Å². The summed E-state index contributed by atoms with van der Waals surface area (Å²) in [5.41, 5.74) is 9.72. The first kappa shape index (κ1) is 11.1. The van der Waals surface area contributed by atoms with Crippen molar-refractivity contribution in [2.75, 3.05) is 12.3 Å². The van der Waals surface area contributed by atoms with E-state index in [1.165, 1.54) is 56.2 Å². The van der Waals surface area contributed by atoms with Crippen molar-refractivity contribution in [1.82, 2.24) is 4.90 Å². The molecule has 1 heterocycles. The molecule has 0 aromatic heterocycles. The standard InChI is InChI=1S/C15H22N2/c16-14-7-6-13-11-17(9-8-12(13)10-14)15-4-2-1-3-5-15/h6-7,10,15H,1-5,8-9,11,16H2. The number of nitrogens with two attached hydrogens (primary N) is 1. The van der Waals surface area contributed by atoms with E-state index in [4.69, 9.17) is 5.73 Å². The van der Waals surface area contributed by atoms with E-state index in [1.54, 1.807) is 0 Å². The highest BCUT2D eigenvalue weighted by atomic mass is 15.2. The van der Waals surface area contributed by atoms with E-state index in [0.717, 1.165) is 18.3 Å². The summed E-state index contributed by atoms with van der Waals surface area (Å²) in [6.45, 7) is 2.36. The lowest BCUT2D eigenvalue weighted by atomic mass is 9.91. The lowest BCUT2D eigenvalue weighted by Gasteiger charge is -2.37. The fourth-order valence-corrected chi connectivity index (χ4v) is 3.35. The molecule has 1 saturated carbocycles. The molecule has 1 aliphatic carbocycles. The van der Waals surface area contributed by atoms with Crippen LogP contribution in [0.2, 0.25) is 0 Å². The molecule has 2 nitrogen and oxygen atoms in total. The van der Waals surface area contributed by atoms with Gasteiger partial charge in [-0.2, -0.15) is 0 Å². The highest BCUT2D eigenvalue weighted by Gasteiger charge is 2.24. The van der Waals surface area contributed by atoms with Gasteiger partial charge < -0.3 is 5.73 Å². The van der Waals surface area contributed by atoms with Crippen LogP contribution >= 0.6 is 0 Å². The molecule has 0 unspecified atom stereocenters. The smallest absolute Gasteiger partial charge is 0.0316 e. The number of hydrogen-bond acceptors (Lipinski definition) is 2. The first-order valence-electron chi connectivity index (χ1n) is 6.94. The van der Waals surface area contributed by atoms with Gasteiger partial charge in [0.15, 0.2) is 0 Å². The van der Waals surface area contributed by atoms with Crippen molar-refractivity contribution in [3.63, 3.8) is 0 Å². The van der Waals surface area contributed by atoms with Gasteiger partial charge in [0.1, 0.15) is 0 Å². The molecule has 1 fully saturated rings. The van der Waals surface area contributed by atoms with Crippen LogP contribution < -0.4 is 5.73 Å². The average Bonchev–Trinajstić information content (AvgIpc) is 2.39. The van der Waals surface area contributed by atoms with Gasteiger partial charge in [0.05, 0.1) is 0 Å². The Hall–Kier alpha value is -1.02. The third-order valence-corrected chi connectivity index (χ3v) is 4.36. The molecule has 1 aromatic rings. The van der Waals surface area contributed by atoms with Crippen LogP contribution in [0.5, 0.6) is 0 Å². The maximum Gasteiger partial charge on any atom is 0.0316 e. The molecule has 0 radical (unpaired) electrons. The van der Waals surface area contributed by atoms with Crippen molar-refractivity contribution in [3.8, 4) is 0 Å². The zero-order chi connectivity index (χ0) is 11.7. The van der Waals surface area contributed by atoms with E-state index in [1.807, 2.05) is 6.07 Å². The summed E-state index contributed by atoms with van der Waals surface area (Å²) >= 11 is 0. The second kappa shape index (κ2) is 4.69. The van der Waals surface area contributed by atoms with E-state index in [9.17, 15) is 0 Å². The van der Waals surface area contributed by atoms with Crippen molar-refractivity contribution in [2.24, 2.45) is 0 Å². The minimum atomic E-state index is 0.842. The summed E-state index contributed by atoms with van der Waals surface area (Å²) in [7, 11) is 0. The molecule has 0 amide bonds. The highest BCUT2D eigenvalue weighted by molar-refractivity contribution is 5.45. The molecule has 1 aromatic carbocycles. The maximum absolute atomic E-state index is 5.85. The van der Waals surface area contributed by atoms with E-state index in [0.29, 0.717) is 0 Å². The van der Waals surface area contributed by atoms with Crippen LogP contribution in [-0.4, -0.2) is 17.5 Å². The largest absolute Gasteiger partial charge is 0.399 e. The zero-order valence-electron chi connectivity index (χ0n) is 10.5. The highest BCUT2D eigenvalue weighted by Crippen LogP contribution is 2.28. The summed E-state index contributed by atoms with van der Waals surface area (Å²) < 4.78 is 0. The molecule has 0 saturated heterocycles. The van der Waals surface area contributed by atoms with Crippen molar-refractivity contribution >= 4 is 5.69 Å². The van der Waals surface area contributed by atoms with Gasteiger partial charge in [-0.15, -0.1) is 0 Å². The molecule has 0 bridgehead atoms. The maximum atomic E-state index is 5.85. The third-order valence-electron chi connectivity index (χ3n) is 4.36. The van der Waals surface area contributed by atoms with Gasteiger partial charge >= 0.3 is 0 Å². The number of anilines is 1. The normalized spacial score (nSPS) is 22.4. The quantitative estimate of drug-likeness (QED) is 0.752. The molecular formula is C15H22N2. The van der Waals surface area contributed by atoms with E-state index in [-0.39, 0.29) is 0 Å². The van der Waals surface area contributed by atoms with Gasteiger partial charge in [-0.1, -0.05) is 25.3 Å². The number of benzene rings is 1. The second-order valence-electron chi connectivity index (χ2n) is 5.54. The van der Waals surface area contributed by atoms with Gasteiger partial charge in [0.2, 0.25) is 0 Å². The molecule has 2 aliphatic rings. The number of hydrogen-bond donors (Lipinski definition) is 1. The van der Waals surface area contributed by atoms with Gasteiger partial charge in [-0.05, 0) is 42.5 Å². The van der Waals surface area contributed by atoms with Crippen LogP contribution in [-0.2, 0) is 13.0 Å². The Morgan fingerprint density at radius 2 is 1.88 bits per heavy atom. The Morgan fingerprint density at radius 1 is 1.06 bits per heavy atom. The minimum absolute atomic E-state index is 0.842. The lowest BCUT2D eigenvalue weighted by Crippen LogP contribution is -2.40. The second-order valence-corrected chi connectivity index (χ2v) is 5.54. The van der Waals surface area contributed by atoms with Crippen LogP contribution in [0.4, 0.5) is 5.69 Å². The SMILES string of the molecule is Nc1ccc2c(c1)CCN(C1CCCCC1)C2. The first-order chi connectivity index (χ1) is 8.33. The molecule has 0 spiro atoms. The summed E-state index contributed by atoms with van der Waals surface area (Å²) in [5.74, 6) is 0. The van der Waals surface area contributed by atoms with Gasteiger partial charge in [0, 0.05) is 24.8 Å². The summed E-state index contributed by atoms with van der Waals surface area (Å²) in [6, 6.07) is 7.27. The zero-order valence-corrected chi connectivity index (χ0v) is 10.5. The van der Waals surface area contributed by atoms with Crippen LogP contribution in [0.15, 0.2) is 18.2 Å². The van der Waals surface area contributed by atoms with Crippen LogP contribution in [0.1, 0.15) is 43.2 Å². The number of rotatable bonds is 1. The number of nitrogens with zero attached hydrogens (tertiary/aromatic N) is 1. The Morgan fingerprint density at radius 3 is 2.71 bits per heavy atom. The average molecular weight is 230 g/mol. The van der Waals surface area contributed by atoms with Crippen LogP contribution in [0.25, 0.3) is 0 Å². The number of fused-ring (bicyclic) bond motifs is 1. The van der Waals surface area contributed by atoms with Crippen molar-refractivity contribution in [1.29, 1.82) is 0 Å². The van der Waals surface area contributed by atoms with E-state index >= 15 is 0 Å². The third kappa shape index (κ3) is 2.32. The topological polar surface area (TPSA) is 29.3 Å². The van der Waals surface area contributed by atoms with Crippen molar-refractivity contribution in [2.45, 2.75) is 51.1 Å². The van der Waals surface area contributed by atoms with Crippen molar-refractivity contribution in [3.05, 3.63) is 29.3 Å². The summed E-state index contributed by atoms with van der Waals surface area (Å²) in [6.07, 6.45) is 8.29. The summed E-state index contributed by atoms with van der Waals surface area (Å²) in [4.78, 5) is 2.69. The van der Waals surface area contributed by atoms with Gasteiger partial charge in [-0.25, -0.2) is 0 Å². The fraction of sp³-hybridized carbons (Fsp3) is 0.600. The first-order valence-corrected chi connectivity index (χ1v) is 6.94. The molecule has 17 heavy (non-hydrogen) atoms. The number of nitrogen functional groups attached to an aromatic ring is 1. The predicted molar refractivity (Wildman–Crippen MR) is 71.8 cm³/mol. The van der Waals surface area contributed by atoms with Gasteiger partial charge in [0.25, 0.3) is 0 Å². The monoisotopic (exact) mass is 230 g/mol. The molecule has 2 N–H and O–H groups in total. The molecule has 2 heteroatoms. The summed E-state index contributed by atoms with van der Waals surface area (Å²) in [5, 5.41) is 0.